The van der Waals surface area contributed by atoms with Crippen LogP contribution >= 0.6 is 0 Å². The molecule has 8 heteroatoms. The van der Waals surface area contributed by atoms with Crippen molar-refractivity contribution < 1.29 is 17.9 Å². The standard InChI is InChI=1S/C23H29N3O4S/c1-19-3-5-20(6-4-19)11-18-31(28,29)25-22-9-7-21(8-10-22)23(27)24-12-2-13-26-14-16-30-17-15-26/h3-11,18,25H,2,12-17H2,1H3,(H,24,27). The van der Waals surface area contributed by atoms with Crippen LogP contribution in [-0.2, 0) is 14.8 Å². The lowest BCUT2D eigenvalue weighted by molar-refractivity contribution is 0.0374. The molecule has 0 radical (unpaired) electrons. The maximum atomic E-state index is 12.3. The maximum Gasteiger partial charge on any atom is 0.255 e. The van der Waals surface area contributed by atoms with Crippen molar-refractivity contribution in [3.8, 4) is 0 Å². The van der Waals surface area contributed by atoms with Crippen LogP contribution in [0.1, 0.15) is 27.9 Å². The third kappa shape index (κ3) is 7.82. The summed E-state index contributed by atoms with van der Waals surface area (Å²) in [7, 11) is -3.65. The van der Waals surface area contributed by atoms with E-state index in [1.807, 2.05) is 31.2 Å². The molecule has 1 heterocycles. The Morgan fingerprint density at radius 3 is 2.42 bits per heavy atom. The van der Waals surface area contributed by atoms with E-state index in [1.165, 1.54) is 0 Å². The zero-order chi connectivity index (χ0) is 22.1. The van der Waals surface area contributed by atoms with Crippen molar-refractivity contribution >= 4 is 27.7 Å². The average molecular weight is 444 g/mol. The number of benzene rings is 2. The number of nitrogens with zero attached hydrogens (tertiary/aromatic N) is 1. The molecule has 2 aromatic carbocycles. The van der Waals surface area contributed by atoms with Crippen LogP contribution in [0.25, 0.3) is 6.08 Å². The van der Waals surface area contributed by atoms with E-state index in [-0.39, 0.29) is 5.91 Å². The predicted octanol–water partition coefficient (Wildman–Crippen LogP) is 2.86. The molecule has 0 spiro atoms. The highest BCUT2D eigenvalue weighted by atomic mass is 32.2. The highest BCUT2D eigenvalue weighted by molar-refractivity contribution is 7.95. The number of aryl methyl sites for hydroxylation is 1. The van der Waals surface area contributed by atoms with Gasteiger partial charge in [0, 0.05) is 30.9 Å². The molecular weight excluding hydrogens is 414 g/mol. The molecule has 7 nitrogen and oxygen atoms in total. The SMILES string of the molecule is Cc1ccc(C=CS(=O)(=O)Nc2ccc(C(=O)NCCCN3CCOCC3)cc2)cc1. The number of morpholine rings is 1. The highest BCUT2D eigenvalue weighted by Crippen LogP contribution is 2.13. The molecule has 0 unspecified atom stereocenters. The number of anilines is 1. The van der Waals surface area contributed by atoms with E-state index in [0.717, 1.165) is 55.8 Å². The molecule has 1 aliphatic heterocycles. The van der Waals surface area contributed by atoms with Crippen molar-refractivity contribution in [1.82, 2.24) is 10.2 Å². The van der Waals surface area contributed by atoms with Crippen LogP contribution in [0.2, 0.25) is 0 Å². The molecule has 1 aliphatic rings. The van der Waals surface area contributed by atoms with E-state index >= 15 is 0 Å². The Labute approximate surface area is 184 Å². The first kappa shape index (κ1) is 23.0. The molecule has 3 rings (SSSR count). The first-order chi connectivity index (χ1) is 14.9. The van der Waals surface area contributed by atoms with Gasteiger partial charge in [-0.2, -0.15) is 0 Å². The molecule has 0 aliphatic carbocycles. The summed E-state index contributed by atoms with van der Waals surface area (Å²) in [4.78, 5) is 14.6. The van der Waals surface area contributed by atoms with Crippen LogP contribution < -0.4 is 10.0 Å². The van der Waals surface area contributed by atoms with Gasteiger partial charge < -0.3 is 10.1 Å². The van der Waals surface area contributed by atoms with Crippen molar-refractivity contribution in [3.05, 3.63) is 70.6 Å². The van der Waals surface area contributed by atoms with E-state index < -0.39 is 10.0 Å². The van der Waals surface area contributed by atoms with E-state index in [1.54, 1.807) is 30.3 Å². The molecule has 0 saturated carbocycles. The van der Waals surface area contributed by atoms with Gasteiger partial charge in [0.15, 0.2) is 0 Å². The Hall–Kier alpha value is -2.68. The van der Waals surface area contributed by atoms with E-state index in [4.69, 9.17) is 4.74 Å². The van der Waals surface area contributed by atoms with E-state index in [0.29, 0.717) is 17.8 Å². The molecular formula is C23H29N3O4S. The van der Waals surface area contributed by atoms with Gasteiger partial charge in [-0.3, -0.25) is 14.4 Å². The summed E-state index contributed by atoms with van der Waals surface area (Å²) in [6, 6.07) is 13.9. The van der Waals surface area contributed by atoms with Crippen LogP contribution in [0.4, 0.5) is 5.69 Å². The fourth-order valence-corrected chi connectivity index (χ4v) is 4.03. The predicted molar refractivity (Wildman–Crippen MR) is 123 cm³/mol. The lowest BCUT2D eigenvalue weighted by Crippen LogP contribution is -2.38. The van der Waals surface area contributed by atoms with Gasteiger partial charge in [-0.25, -0.2) is 8.42 Å². The molecule has 2 aromatic rings. The minimum Gasteiger partial charge on any atom is -0.379 e. The fraction of sp³-hybridized carbons (Fsp3) is 0.348. The Morgan fingerprint density at radius 2 is 1.74 bits per heavy atom. The van der Waals surface area contributed by atoms with Crippen LogP contribution in [0.5, 0.6) is 0 Å². The topological polar surface area (TPSA) is 87.7 Å². The minimum absolute atomic E-state index is 0.171. The molecule has 1 fully saturated rings. The number of carbonyl (C=O) groups is 1. The van der Waals surface area contributed by atoms with Crippen LogP contribution in [0, 0.1) is 6.92 Å². The smallest absolute Gasteiger partial charge is 0.255 e. The number of sulfonamides is 1. The number of nitrogens with one attached hydrogen (secondary N) is 2. The molecule has 166 valence electrons. The zero-order valence-corrected chi connectivity index (χ0v) is 18.5. The third-order valence-electron chi connectivity index (χ3n) is 4.96. The number of carbonyl (C=O) groups excluding carboxylic acids is 1. The molecule has 2 N–H and O–H groups in total. The molecule has 0 atom stereocenters. The van der Waals surface area contributed by atoms with Crippen molar-refractivity contribution in [2.24, 2.45) is 0 Å². The number of hydrogen-bond acceptors (Lipinski definition) is 5. The van der Waals surface area contributed by atoms with Crippen molar-refractivity contribution in [1.29, 1.82) is 0 Å². The van der Waals surface area contributed by atoms with Gasteiger partial charge in [-0.1, -0.05) is 29.8 Å². The lowest BCUT2D eigenvalue weighted by Gasteiger charge is -2.26. The van der Waals surface area contributed by atoms with Crippen molar-refractivity contribution in [3.63, 3.8) is 0 Å². The van der Waals surface area contributed by atoms with E-state index in [2.05, 4.69) is 14.9 Å². The van der Waals surface area contributed by atoms with Crippen LogP contribution in [0.15, 0.2) is 53.9 Å². The first-order valence-electron chi connectivity index (χ1n) is 10.4. The second-order valence-electron chi connectivity index (χ2n) is 7.50. The fourth-order valence-electron chi connectivity index (χ4n) is 3.17. The Balaban J connectivity index is 1.46. The van der Waals surface area contributed by atoms with E-state index in [9.17, 15) is 13.2 Å². The number of hydrogen-bond donors (Lipinski definition) is 2. The summed E-state index contributed by atoms with van der Waals surface area (Å²) in [5.74, 6) is -0.171. The second kappa shape index (κ2) is 11.1. The van der Waals surface area contributed by atoms with Gasteiger partial charge in [0.2, 0.25) is 0 Å². The normalized spacial score (nSPS) is 15.1. The third-order valence-corrected chi connectivity index (χ3v) is 5.98. The van der Waals surface area contributed by atoms with Crippen molar-refractivity contribution in [2.75, 3.05) is 44.1 Å². The second-order valence-corrected chi connectivity index (χ2v) is 9.07. The number of rotatable bonds is 9. The first-order valence-corrected chi connectivity index (χ1v) is 11.9. The molecule has 0 aromatic heterocycles. The van der Waals surface area contributed by atoms with Gasteiger partial charge in [0.25, 0.3) is 15.9 Å². The zero-order valence-electron chi connectivity index (χ0n) is 17.7. The summed E-state index contributed by atoms with van der Waals surface area (Å²) in [5, 5.41) is 4.03. The summed E-state index contributed by atoms with van der Waals surface area (Å²) in [5.41, 5.74) is 2.80. The van der Waals surface area contributed by atoms with Gasteiger partial charge in [-0.15, -0.1) is 0 Å². The molecule has 31 heavy (non-hydrogen) atoms. The van der Waals surface area contributed by atoms with Crippen LogP contribution in [-0.4, -0.2) is 58.6 Å². The summed E-state index contributed by atoms with van der Waals surface area (Å²) >= 11 is 0. The Bertz CT molecular complexity index is 980. The highest BCUT2D eigenvalue weighted by Gasteiger charge is 2.11. The summed E-state index contributed by atoms with van der Waals surface area (Å²) in [6.45, 7) is 6.90. The van der Waals surface area contributed by atoms with Crippen molar-refractivity contribution in [2.45, 2.75) is 13.3 Å². The monoisotopic (exact) mass is 443 g/mol. The maximum absolute atomic E-state index is 12.3. The Morgan fingerprint density at radius 1 is 1.06 bits per heavy atom. The largest absolute Gasteiger partial charge is 0.379 e. The number of amides is 1. The lowest BCUT2D eigenvalue weighted by atomic mass is 10.2. The number of ether oxygens (including phenoxy) is 1. The van der Waals surface area contributed by atoms with Gasteiger partial charge >= 0.3 is 0 Å². The summed E-state index contributed by atoms with van der Waals surface area (Å²) < 4.78 is 32.4. The molecule has 1 amide bonds. The van der Waals surface area contributed by atoms with Crippen LogP contribution in [0.3, 0.4) is 0 Å². The van der Waals surface area contributed by atoms with Gasteiger partial charge in [0.1, 0.15) is 0 Å². The molecule has 1 saturated heterocycles. The quantitative estimate of drug-likeness (QED) is 0.582. The van der Waals surface area contributed by atoms with Gasteiger partial charge in [0.05, 0.1) is 18.6 Å². The summed E-state index contributed by atoms with van der Waals surface area (Å²) in [6.07, 6.45) is 2.41. The molecule has 0 bridgehead atoms. The van der Waals surface area contributed by atoms with Gasteiger partial charge in [-0.05, 0) is 55.8 Å². The Kier molecular flexibility index (Phi) is 8.22. The average Bonchev–Trinajstić information content (AvgIpc) is 2.77. The minimum atomic E-state index is -3.65.